The Kier molecular flexibility index (Phi) is 6.68. The summed E-state index contributed by atoms with van der Waals surface area (Å²) in [5.74, 6) is 0.00183. The molecule has 2 rings (SSSR count). The molecule has 0 bridgehead atoms. The molecule has 124 valence electrons. The van der Waals surface area contributed by atoms with Crippen molar-refractivity contribution in [3.63, 3.8) is 0 Å². The maximum absolute atomic E-state index is 13.6. The summed E-state index contributed by atoms with van der Waals surface area (Å²) in [5, 5.41) is 6.54. The third kappa shape index (κ3) is 5.45. The number of carbonyl (C=O) groups excluding carboxylic acids is 1. The van der Waals surface area contributed by atoms with Crippen molar-refractivity contribution in [3.05, 3.63) is 36.0 Å². The average molecular weight is 321 g/mol. The second-order valence-electron chi connectivity index (χ2n) is 4.89. The van der Waals surface area contributed by atoms with Crippen LogP contribution in [0.5, 0.6) is 0 Å². The molecule has 0 aliphatic heterocycles. The molecule has 0 aliphatic rings. The first-order valence-electron chi connectivity index (χ1n) is 7.62. The van der Waals surface area contributed by atoms with Crippen LogP contribution in [0.2, 0.25) is 0 Å². The molecule has 0 saturated carbocycles. The number of nitrogens with zero attached hydrogens (tertiary/aromatic N) is 2. The Morgan fingerprint density at radius 2 is 2.22 bits per heavy atom. The van der Waals surface area contributed by atoms with E-state index in [4.69, 9.17) is 9.26 Å². The zero-order valence-corrected chi connectivity index (χ0v) is 13.0. The smallest absolute Gasteiger partial charge is 0.227 e. The number of hydrogen-bond donors (Lipinski definition) is 1. The van der Waals surface area contributed by atoms with Gasteiger partial charge >= 0.3 is 0 Å². The van der Waals surface area contributed by atoms with Crippen LogP contribution in [-0.2, 0) is 16.0 Å². The molecule has 1 N–H and O–H groups in total. The zero-order chi connectivity index (χ0) is 16.5. The number of benzene rings is 1. The Morgan fingerprint density at radius 3 is 3.00 bits per heavy atom. The predicted molar refractivity (Wildman–Crippen MR) is 82.1 cm³/mol. The molecule has 0 radical (unpaired) electrons. The molecule has 7 heteroatoms. The van der Waals surface area contributed by atoms with Crippen LogP contribution in [0.15, 0.2) is 28.8 Å². The minimum atomic E-state index is -0.410. The van der Waals surface area contributed by atoms with E-state index in [9.17, 15) is 9.18 Å². The van der Waals surface area contributed by atoms with Crippen LogP contribution in [-0.4, -0.2) is 35.8 Å². The molecule has 6 nitrogen and oxygen atoms in total. The number of hydrogen-bond acceptors (Lipinski definition) is 5. The van der Waals surface area contributed by atoms with Crippen LogP contribution in [0.1, 0.15) is 25.7 Å². The lowest BCUT2D eigenvalue weighted by atomic mass is 10.2. The topological polar surface area (TPSA) is 77.2 Å². The minimum Gasteiger partial charge on any atom is -0.382 e. The van der Waals surface area contributed by atoms with Crippen molar-refractivity contribution in [2.45, 2.75) is 26.2 Å². The van der Waals surface area contributed by atoms with Crippen molar-refractivity contribution in [1.82, 2.24) is 15.5 Å². The van der Waals surface area contributed by atoms with Gasteiger partial charge in [-0.15, -0.1) is 0 Å². The Bertz CT molecular complexity index is 631. The summed E-state index contributed by atoms with van der Waals surface area (Å²) in [7, 11) is 0. The summed E-state index contributed by atoms with van der Waals surface area (Å²) in [4.78, 5) is 15.8. The van der Waals surface area contributed by atoms with E-state index in [0.29, 0.717) is 32.1 Å². The molecule has 0 fully saturated rings. The van der Waals surface area contributed by atoms with Gasteiger partial charge < -0.3 is 14.6 Å². The second-order valence-corrected chi connectivity index (χ2v) is 4.89. The summed E-state index contributed by atoms with van der Waals surface area (Å²) in [6.45, 7) is 3.81. The van der Waals surface area contributed by atoms with Gasteiger partial charge in [0.2, 0.25) is 17.6 Å². The van der Waals surface area contributed by atoms with E-state index in [1.807, 2.05) is 6.92 Å². The van der Waals surface area contributed by atoms with Crippen LogP contribution >= 0.6 is 0 Å². The summed E-state index contributed by atoms with van der Waals surface area (Å²) in [5.41, 5.74) is 0.280. The third-order valence-electron chi connectivity index (χ3n) is 3.14. The van der Waals surface area contributed by atoms with Gasteiger partial charge in [0.15, 0.2) is 0 Å². The minimum absolute atomic E-state index is 0.0906. The number of ether oxygens (including phenoxy) is 1. The van der Waals surface area contributed by atoms with E-state index in [1.165, 1.54) is 6.07 Å². The fourth-order valence-corrected chi connectivity index (χ4v) is 1.96. The van der Waals surface area contributed by atoms with Crippen molar-refractivity contribution in [3.8, 4) is 11.4 Å². The van der Waals surface area contributed by atoms with Gasteiger partial charge in [-0.3, -0.25) is 4.79 Å². The number of aromatic nitrogens is 2. The van der Waals surface area contributed by atoms with Crippen LogP contribution in [0.4, 0.5) is 4.39 Å². The Morgan fingerprint density at radius 1 is 1.39 bits per heavy atom. The number of halogens is 1. The Hall–Kier alpha value is -2.28. The quantitative estimate of drug-likeness (QED) is 0.717. The fourth-order valence-electron chi connectivity index (χ4n) is 1.96. The highest BCUT2D eigenvalue weighted by Gasteiger charge is 2.13. The van der Waals surface area contributed by atoms with Crippen molar-refractivity contribution in [2.24, 2.45) is 0 Å². The Balaban J connectivity index is 1.77. The molecule has 23 heavy (non-hydrogen) atoms. The van der Waals surface area contributed by atoms with Crippen LogP contribution in [0.3, 0.4) is 0 Å². The maximum Gasteiger partial charge on any atom is 0.227 e. The predicted octanol–water partition coefficient (Wildman–Crippen LogP) is 2.35. The molecule has 0 atom stereocenters. The van der Waals surface area contributed by atoms with Crippen molar-refractivity contribution in [2.75, 3.05) is 19.8 Å². The van der Waals surface area contributed by atoms with Gasteiger partial charge in [-0.1, -0.05) is 17.3 Å². The molecular weight excluding hydrogens is 301 g/mol. The standard InChI is InChI=1S/C16H20FN3O3/c1-2-22-11-5-10-18-14(21)8-9-15-19-16(20-23-15)12-6-3-4-7-13(12)17/h3-4,6-7H,2,5,8-11H2,1H3,(H,18,21). The monoisotopic (exact) mass is 321 g/mol. The summed E-state index contributed by atoms with van der Waals surface area (Å²) in [6.07, 6.45) is 1.34. The first-order chi connectivity index (χ1) is 11.2. The highest BCUT2D eigenvalue weighted by Crippen LogP contribution is 2.19. The van der Waals surface area contributed by atoms with E-state index < -0.39 is 5.82 Å². The van der Waals surface area contributed by atoms with Gasteiger partial charge in [0.05, 0.1) is 5.56 Å². The summed E-state index contributed by atoms with van der Waals surface area (Å²) < 4.78 is 23.9. The van der Waals surface area contributed by atoms with E-state index >= 15 is 0 Å². The number of aryl methyl sites for hydroxylation is 1. The highest BCUT2D eigenvalue weighted by molar-refractivity contribution is 5.75. The van der Waals surface area contributed by atoms with Crippen molar-refractivity contribution >= 4 is 5.91 Å². The first-order valence-corrected chi connectivity index (χ1v) is 7.62. The summed E-state index contributed by atoms with van der Waals surface area (Å²) in [6, 6.07) is 6.20. The van der Waals surface area contributed by atoms with Gasteiger partial charge in [-0.2, -0.15) is 4.98 Å². The molecule has 1 heterocycles. The SMILES string of the molecule is CCOCCCNC(=O)CCc1nc(-c2ccccc2F)no1. The van der Waals surface area contributed by atoms with E-state index in [2.05, 4.69) is 15.5 Å². The third-order valence-corrected chi connectivity index (χ3v) is 3.14. The molecule has 0 spiro atoms. The molecule has 2 aromatic rings. The normalized spacial score (nSPS) is 10.7. The average Bonchev–Trinajstić information content (AvgIpc) is 3.02. The number of amides is 1. The molecule has 1 aromatic carbocycles. The van der Waals surface area contributed by atoms with Crippen LogP contribution in [0.25, 0.3) is 11.4 Å². The fraction of sp³-hybridized carbons (Fsp3) is 0.438. The van der Waals surface area contributed by atoms with Gasteiger partial charge in [0.1, 0.15) is 5.82 Å². The molecule has 1 aromatic heterocycles. The van der Waals surface area contributed by atoms with Crippen LogP contribution < -0.4 is 5.32 Å². The lowest BCUT2D eigenvalue weighted by molar-refractivity contribution is -0.121. The van der Waals surface area contributed by atoms with E-state index in [-0.39, 0.29) is 23.7 Å². The second kappa shape index (κ2) is 8.99. The Labute approximate surface area is 134 Å². The molecule has 0 unspecified atom stereocenters. The van der Waals surface area contributed by atoms with E-state index in [0.717, 1.165) is 6.42 Å². The van der Waals surface area contributed by atoms with Gasteiger partial charge in [-0.05, 0) is 25.5 Å². The lowest BCUT2D eigenvalue weighted by Gasteiger charge is -2.04. The van der Waals surface area contributed by atoms with Gasteiger partial charge in [0.25, 0.3) is 0 Å². The number of nitrogens with one attached hydrogen (secondary N) is 1. The molecule has 0 aliphatic carbocycles. The zero-order valence-electron chi connectivity index (χ0n) is 13.0. The first kappa shape index (κ1) is 17.1. The van der Waals surface area contributed by atoms with E-state index in [1.54, 1.807) is 18.2 Å². The number of rotatable bonds is 9. The number of carbonyl (C=O) groups is 1. The molecular formula is C16H20FN3O3. The summed E-state index contributed by atoms with van der Waals surface area (Å²) >= 11 is 0. The molecule has 0 saturated heterocycles. The van der Waals surface area contributed by atoms with Crippen LogP contribution in [0, 0.1) is 5.82 Å². The maximum atomic E-state index is 13.6. The van der Waals surface area contributed by atoms with Crippen molar-refractivity contribution < 1.29 is 18.4 Å². The molecule has 1 amide bonds. The van der Waals surface area contributed by atoms with Crippen molar-refractivity contribution in [1.29, 1.82) is 0 Å². The van der Waals surface area contributed by atoms with Gasteiger partial charge in [0, 0.05) is 32.6 Å². The van der Waals surface area contributed by atoms with Gasteiger partial charge in [-0.25, -0.2) is 4.39 Å². The lowest BCUT2D eigenvalue weighted by Crippen LogP contribution is -2.25. The largest absolute Gasteiger partial charge is 0.382 e. The highest BCUT2D eigenvalue weighted by atomic mass is 19.1.